The van der Waals surface area contributed by atoms with Crippen molar-refractivity contribution >= 4 is 16.9 Å². The first kappa shape index (κ1) is 16.3. The molecule has 1 amide bonds. The number of aryl methyl sites for hydroxylation is 1. The number of rotatable bonds is 4. The number of carbonyl (C=O) groups excluding carboxylic acids is 1. The third-order valence-corrected chi connectivity index (χ3v) is 5.36. The molecule has 0 aromatic carbocycles. The molecule has 1 saturated carbocycles. The highest BCUT2D eigenvalue weighted by atomic mass is 16.2. The van der Waals surface area contributed by atoms with Crippen LogP contribution in [-0.4, -0.2) is 52.3 Å². The van der Waals surface area contributed by atoms with Gasteiger partial charge in [0.05, 0.1) is 10.9 Å². The predicted molar refractivity (Wildman–Crippen MR) is 95.9 cm³/mol. The van der Waals surface area contributed by atoms with E-state index < -0.39 is 0 Å². The zero-order chi connectivity index (χ0) is 17.6. The number of piperidine rings is 1. The molecule has 7 nitrogen and oxygen atoms in total. The number of hydrogen-bond acceptors (Lipinski definition) is 4. The van der Waals surface area contributed by atoms with E-state index in [1.54, 1.807) is 11.7 Å². The Kier molecular flexibility index (Phi) is 4.11. The lowest BCUT2D eigenvalue weighted by atomic mass is 9.97. The number of amides is 1. The van der Waals surface area contributed by atoms with E-state index in [4.69, 9.17) is 0 Å². The number of likely N-dealkylation sites (tertiary alicyclic amines) is 1. The lowest BCUT2D eigenvalue weighted by molar-refractivity contribution is 0.0676. The van der Waals surface area contributed by atoms with E-state index in [0.717, 1.165) is 51.0 Å². The molecule has 2 aliphatic rings. The average molecular weight is 343 g/mol. The van der Waals surface area contributed by atoms with Crippen molar-refractivity contribution in [1.82, 2.24) is 25.0 Å². The quantitative estimate of drug-likeness (QED) is 0.874. The van der Waals surface area contributed by atoms with Gasteiger partial charge in [0.15, 0.2) is 5.65 Å². The summed E-state index contributed by atoms with van der Waals surface area (Å²) in [6, 6.07) is 1.86. The molecular weight excluding hydrogens is 318 g/mol. The fourth-order valence-electron chi connectivity index (χ4n) is 3.91. The molecule has 2 aromatic rings. The number of pyridine rings is 1. The summed E-state index contributed by atoms with van der Waals surface area (Å²) in [5.74, 6) is 0.864. The monoisotopic (exact) mass is 343 g/mol. The molecule has 1 aliphatic heterocycles. The van der Waals surface area contributed by atoms with Crippen molar-refractivity contribution in [3.8, 4) is 0 Å². The molecule has 1 saturated heterocycles. The minimum absolute atomic E-state index is 0.0354. The number of aromatic nitrogens is 3. The molecule has 4 rings (SSSR count). The van der Waals surface area contributed by atoms with Crippen LogP contribution in [0.5, 0.6) is 0 Å². The maximum absolute atomic E-state index is 13.2. The Hall–Kier alpha value is -2.15. The Balaban J connectivity index is 1.74. The van der Waals surface area contributed by atoms with E-state index >= 15 is 0 Å². The van der Waals surface area contributed by atoms with Gasteiger partial charge in [-0.2, -0.15) is 0 Å². The second kappa shape index (κ2) is 6.29. The fraction of sp³-hybridized carbons (Fsp3) is 0.611. The van der Waals surface area contributed by atoms with Crippen molar-refractivity contribution in [2.24, 2.45) is 13.0 Å². The van der Waals surface area contributed by atoms with Gasteiger partial charge < -0.3 is 10.2 Å². The summed E-state index contributed by atoms with van der Waals surface area (Å²) in [4.78, 5) is 32.2. The van der Waals surface area contributed by atoms with Crippen LogP contribution in [0, 0.1) is 5.92 Å². The van der Waals surface area contributed by atoms with Crippen molar-refractivity contribution in [2.75, 3.05) is 26.7 Å². The Morgan fingerprint density at radius 3 is 2.92 bits per heavy atom. The Morgan fingerprint density at radius 2 is 2.20 bits per heavy atom. The number of hydrogen-bond donors (Lipinski definition) is 2. The molecule has 1 atom stereocenters. The standard InChI is InChI=1S/C18H25N5O2/c1-19-9-11-4-3-7-23(10-11)18(25)13-8-14(12-5-6-12)20-16-15(13)17(24)21-22(16)2/h8,11-12,19H,3-7,9-10H2,1-2H3,(H,21,24)/t11-/m1/s1. The molecule has 3 heterocycles. The normalized spacial score (nSPS) is 21.0. The molecular formula is C18H25N5O2. The van der Waals surface area contributed by atoms with E-state index in [-0.39, 0.29) is 11.5 Å². The van der Waals surface area contributed by atoms with Crippen LogP contribution >= 0.6 is 0 Å². The molecule has 7 heteroatoms. The first-order valence-electron chi connectivity index (χ1n) is 9.12. The van der Waals surface area contributed by atoms with Gasteiger partial charge in [0, 0.05) is 31.7 Å². The first-order valence-corrected chi connectivity index (χ1v) is 9.12. The lowest BCUT2D eigenvalue weighted by Gasteiger charge is -2.33. The highest BCUT2D eigenvalue weighted by Gasteiger charge is 2.31. The van der Waals surface area contributed by atoms with Gasteiger partial charge >= 0.3 is 0 Å². The molecule has 0 unspecified atom stereocenters. The predicted octanol–water partition coefficient (Wildman–Crippen LogP) is 1.21. The van der Waals surface area contributed by atoms with Crippen LogP contribution < -0.4 is 10.9 Å². The largest absolute Gasteiger partial charge is 0.338 e. The van der Waals surface area contributed by atoms with Crippen LogP contribution in [0.25, 0.3) is 11.0 Å². The summed E-state index contributed by atoms with van der Waals surface area (Å²) >= 11 is 0. The number of fused-ring (bicyclic) bond motifs is 1. The number of nitrogens with one attached hydrogen (secondary N) is 2. The minimum atomic E-state index is -0.237. The van der Waals surface area contributed by atoms with Gasteiger partial charge in [-0.15, -0.1) is 0 Å². The first-order chi connectivity index (χ1) is 12.1. The van der Waals surface area contributed by atoms with Gasteiger partial charge in [0.2, 0.25) is 0 Å². The van der Waals surface area contributed by atoms with Crippen LogP contribution in [0.2, 0.25) is 0 Å². The lowest BCUT2D eigenvalue weighted by Crippen LogP contribution is -2.42. The zero-order valence-electron chi connectivity index (χ0n) is 14.8. The smallest absolute Gasteiger partial charge is 0.274 e. The number of H-pyrrole nitrogens is 1. The van der Waals surface area contributed by atoms with Gasteiger partial charge in [-0.05, 0) is 51.3 Å². The number of nitrogens with zero attached hydrogens (tertiary/aromatic N) is 3. The maximum Gasteiger partial charge on any atom is 0.274 e. The molecule has 2 aromatic heterocycles. The van der Waals surface area contributed by atoms with Crippen molar-refractivity contribution in [2.45, 2.75) is 31.6 Å². The van der Waals surface area contributed by atoms with E-state index in [0.29, 0.717) is 28.4 Å². The van der Waals surface area contributed by atoms with Crippen LogP contribution in [0.1, 0.15) is 47.7 Å². The average Bonchev–Trinajstić information content (AvgIpc) is 3.41. The molecule has 2 N–H and O–H groups in total. The molecule has 0 radical (unpaired) electrons. The van der Waals surface area contributed by atoms with Crippen molar-refractivity contribution in [3.63, 3.8) is 0 Å². The van der Waals surface area contributed by atoms with E-state index in [1.807, 2.05) is 18.0 Å². The van der Waals surface area contributed by atoms with E-state index in [1.165, 1.54) is 0 Å². The number of carbonyl (C=O) groups is 1. The fourth-order valence-corrected chi connectivity index (χ4v) is 3.91. The highest BCUT2D eigenvalue weighted by Crippen LogP contribution is 2.40. The molecule has 0 bridgehead atoms. The molecule has 0 spiro atoms. The van der Waals surface area contributed by atoms with Crippen molar-refractivity contribution in [1.29, 1.82) is 0 Å². The second-order valence-electron chi connectivity index (χ2n) is 7.38. The highest BCUT2D eigenvalue weighted by molar-refractivity contribution is 6.05. The summed E-state index contributed by atoms with van der Waals surface area (Å²) in [5.41, 5.74) is 1.80. The van der Waals surface area contributed by atoms with Crippen LogP contribution in [0.15, 0.2) is 10.9 Å². The van der Waals surface area contributed by atoms with Gasteiger partial charge in [-0.1, -0.05) is 0 Å². The number of aromatic amines is 1. The summed E-state index contributed by atoms with van der Waals surface area (Å²) in [6.45, 7) is 2.41. The Labute approximate surface area is 146 Å². The van der Waals surface area contributed by atoms with Gasteiger partial charge in [-0.25, -0.2) is 4.98 Å². The van der Waals surface area contributed by atoms with Crippen LogP contribution in [-0.2, 0) is 7.05 Å². The third-order valence-electron chi connectivity index (χ3n) is 5.36. The summed E-state index contributed by atoms with van der Waals surface area (Å²) in [7, 11) is 3.71. The van der Waals surface area contributed by atoms with E-state index in [9.17, 15) is 9.59 Å². The van der Waals surface area contributed by atoms with E-state index in [2.05, 4.69) is 15.4 Å². The SMILES string of the molecule is CNC[C@H]1CCCN(C(=O)c2cc(C3CC3)nc3c2c(=O)[nH]n3C)C1. The zero-order valence-corrected chi connectivity index (χ0v) is 14.8. The molecule has 1 aliphatic carbocycles. The van der Waals surface area contributed by atoms with Gasteiger partial charge in [0.1, 0.15) is 0 Å². The summed E-state index contributed by atoms with van der Waals surface area (Å²) < 4.78 is 1.63. The maximum atomic E-state index is 13.2. The van der Waals surface area contributed by atoms with Crippen LogP contribution in [0.4, 0.5) is 0 Å². The van der Waals surface area contributed by atoms with Gasteiger partial charge in [0.25, 0.3) is 11.5 Å². The molecule has 25 heavy (non-hydrogen) atoms. The Bertz CT molecular complexity index is 862. The second-order valence-corrected chi connectivity index (χ2v) is 7.38. The Morgan fingerprint density at radius 1 is 1.40 bits per heavy atom. The summed E-state index contributed by atoms with van der Waals surface area (Å²) in [5, 5.41) is 6.38. The third kappa shape index (κ3) is 2.97. The van der Waals surface area contributed by atoms with Gasteiger partial charge in [-0.3, -0.25) is 19.4 Å². The molecule has 2 fully saturated rings. The summed E-state index contributed by atoms with van der Waals surface area (Å²) in [6.07, 6.45) is 4.36. The van der Waals surface area contributed by atoms with Crippen molar-refractivity contribution in [3.05, 3.63) is 27.7 Å². The molecule has 134 valence electrons. The van der Waals surface area contributed by atoms with Crippen molar-refractivity contribution < 1.29 is 4.79 Å². The topological polar surface area (TPSA) is 83.0 Å². The van der Waals surface area contributed by atoms with Crippen LogP contribution in [0.3, 0.4) is 0 Å². The minimum Gasteiger partial charge on any atom is -0.338 e.